The smallest absolute Gasteiger partial charge is 0.417 e. The van der Waals surface area contributed by atoms with Crippen LogP contribution in [0.5, 0.6) is 6.01 Å². The number of thiazole rings is 1. The van der Waals surface area contributed by atoms with Crippen molar-refractivity contribution in [2.75, 3.05) is 50.0 Å². The van der Waals surface area contributed by atoms with Crippen LogP contribution in [0.1, 0.15) is 31.2 Å². The lowest BCUT2D eigenvalue weighted by molar-refractivity contribution is -0.137. The molecule has 7 rings (SSSR count). The number of nitrogens with zero attached hydrogens (tertiary/aromatic N) is 5. The summed E-state index contributed by atoms with van der Waals surface area (Å²) >= 11 is 0.745. The zero-order valence-corrected chi connectivity index (χ0v) is 24.1. The molecule has 2 aromatic heterocycles. The third-order valence-corrected chi connectivity index (χ3v) is 9.94. The van der Waals surface area contributed by atoms with Crippen LogP contribution in [0.4, 0.5) is 37.3 Å². The molecule has 0 saturated carbocycles. The average Bonchev–Trinajstić information content (AvgIpc) is 3.75. The van der Waals surface area contributed by atoms with Gasteiger partial charge in [0.1, 0.15) is 29.9 Å². The predicted octanol–water partition coefficient (Wildman–Crippen LogP) is 5.56. The van der Waals surface area contributed by atoms with Gasteiger partial charge in [0.2, 0.25) is 0 Å². The van der Waals surface area contributed by atoms with E-state index in [2.05, 4.69) is 15.0 Å². The van der Waals surface area contributed by atoms with E-state index in [1.54, 1.807) is 4.90 Å². The van der Waals surface area contributed by atoms with Crippen LogP contribution < -0.4 is 15.4 Å². The summed E-state index contributed by atoms with van der Waals surface area (Å²) < 4.78 is 95.5. The number of benzene rings is 2. The maximum Gasteiger partial charge on any atom is 0.417 e. The van der Waals surface area contributed by atoms with Crippen molar-refractivity contribution in [1.82, 2.24) is 19.9 Å². The first-order valence-corrected chi connectivity index (χ1v) is 15.1. The lowest BCUT2D eigenvalue weighted by Gasteiger charge is -2.31. The first-order valence-electron chi connectivity index (χ1n) is 14.3. The number of hydrogen-bond acceptors (Lipinski definition) is 9. The summed E-state index contributed by atoms with van der Waals surface area (Å²) in [4.78, 5) is 16.5. The van der Waals surface area contributed by atoms with Gasteiger partial charge in [-0.1, -0.05) is 11.3 Å². The molecule has 3 aliphatic heterocycles. The first kappa shape index (κ1) is 29.3. The van der Waals surface area contributed by atoms with E-state index in [0.29, 0.717) is 19.4 Å². The summed E-state index contributed by atoms with van der Waals surface area (Å²) in [6, 6.07) is 2.54. The summed E-state index contributed by atoms with van der Waals surface area (Å²) in [5.41, 5.74) is 2.13. The lowest BCUT2D eigenvalue weighted by atomic mass is 9.95. The van der Waals surface area contributed by atoms with E-state index in [4.69, 9.17) is 10.5 Å². The van der Waals surface area contributed by atoms with Gasteiger partial charge in [0.25, 0.3) is 0 Å². The molecule has 0 bridgehead atoms. The zero-order valence-electron chi connectivity index (χ0n) is 23.3. The van der Waals surface area contributed by atoms with Gasteiger partial charge in [0, 0.05) is 55.1 Å². The Morgan fingerprint density at radius 3 is 2.68 bits per heavy atom. The molecule has 5 heterocycles. The number of aliphatic hydroxyl groups excluding tert-OH is 1. The van der Waals surface area contributed by atoms with Crippen molar-refractivity contribution in [2.24, 2.45) is 5.92 Å². The highest BCUT2D eigenvalue weighted by atomic mass is 32.1. The molecule has 3 atom stereocenters. The van der Waals surface area contributed by atoms with E-state index >= 15 is 4.39 Å². The Labute approximate surface area is 251 Å². The number of ether oxygens (including phenoxy) is 1. The average molecular weight is 639 g/mol. The largest absolute Gasteiger partial charge is 0.461 e. The van der Waals surface area contributed by atoms with Crippen LogP contribution in [0.2, 0.25) is 0 Å². The number of aromatic nitrogens is 3. The molecule has 0 aliphatic carbocycles. The number of nitrogen functional groups attached to an aromatic ring is 1. The Morgan fingerprint density at radius 1 is 1.11 bits per heavy atom. The molecule has 3 N–H and O–H groups in total. The number of aliphatic hydroxyl groups is 1. The number of alkyl halides is 4. The number of nitrogens with two attached hydrogens (primary N) is 1. The van der Waals surface area contributed by atoms with E-state index in [1.807, 2.05) is 4.90 Å². The Kier molecular flexibility index (Phi) is 7.05. The fourth-order valence-electron chi connectivity index (χ4n) is 7.00. The Bertz CT molecular complexity index is 1770. The van der Waals surface area contributed by atoms with Crippen molar-refractivity contribution < 1.29 is 36.2 Å². The van der Waals surface area contributed by atoms with Crippen LogP contribution in [0.15, 0.2) is 18.2 Å². The summed E-state index contributed by atoms with van der Waals surface area (Å²) in [6.45, 7) is 1.55. The molecular formula is C29H28F6N6O2S. The van der Waals surface area contributed by atoms with Gasteiger partial charge in [0.05, 0.1) is 21.3 Å². The van der Waals surface area contributed by atoms with Crippen LogP contribution in [0, 0.1) is 17.6 Å². The molecule has 3 saturated heterocycles. The van der Waals surface area contributed by atoms with E-state index in [9.17, 15) is 27.1 Å². The molecule has 0 spiro atoms. The van der Waals surface area contributed by atoms with Crippen molar-refractivity contribution >= 4 is 43.4 Å². The van der Waals surface area contributed by atoms with Crippen LogP contribution in [-0.2, 0) is 6.18 Å². The summed E-state index contributed by atoms with van der Waals surface area (Å²) in [6.07, 6.45) is -3.65. The second kappa shape index (κ2) is 10.6. The summed E-state index contributed by atoms with van der Waals surface area (Å²) in [5.74, 6) is -2.16. The van der Waals surface area contributed by atoms with Gasteiger partial charge in [-0.05, 0) is 44.0 Å². The fraction of sp³-hybridized carbons (Fsp3) is 0.483. The Hall–Kier alpha value is -3.43. The quantitative estimate of drug-likeness (QED) is 0.265. The van der Waals surface area contributed by atoms with E-state index in [0.717, 1.165) is 42.5 Å². The van der Waals surface area contributed by atoms with Crippen molar-refractivity contribution in [3.05, 3.63) is 35.4 Å². The lowest BCUT2D eigenvalue weighted by Crippen LogP contribution is -2.43. The second-order valence-corrected chi connectivity index (χ2v) is 12.8. The van der Waals surface area contributed by atoms with E-state index in [1.165, 1.54) is 0 Å². The predicted molar refractivity (Wildman–Crippen MR) is 153 cm³/mol. The maximum absolute atomic E-state index is 16.7. The molecule has 234 valence electrons. The van der Waals surface area contributed by atoms with Gasteiger partial charge in [-0.3, -0.25) is 4.90 Å². The minimum absolute atomic E-state index is 0.0312. The molecule has 44 heavy (non-hydrogen) atoms. The van der Waals surface area contributed by atoms with E-state index < -0.39 is 46.2 Å². The highest BCUT2D eigenvalue weighted by molar-refractivity contribution is 7.22. The molecule has 4 aromatic rings. The molecule has 0 radical (unpaired) electrons. The highest BCUT2D eigenvalue weighted by Crippen LogP contribution is 2.46. The third-order valence-electron chi connectivity index (χ3n) is 9.05. The highest BCUT2D eigenvalue weighted by Gasteiger charge is 2.49. The second-order valence-electron chi connectivity index (χ2n) is 11.8. The van der Waals surface area contributed by atoms with Crippen LogP contribution in [0.25, 0.3) is 32.2 Å². The maximum atomic E-state index is 16.7. The molecule has 15 heteroatoms. The first-order chi connectivity index (χ1) is 21.0. The third kappa shape index (κ3) is 4.79. The molecule has 0 unspecified atom stereocenters. The van der Waals surface area contributed by atoms with Crippen LogP contribution in [0.3, 0.4) is 0 Å². The number of rotatable bonds is 6. The number of fused-ring (bicyclic) bond motifs is 3. The number of anilines is 2. The number of halogens is 6. The zero-order chi connectivity index (χ0) is 31.0. The summed E-state index contributed by atoms with van der Waals surface area (Å²) in [7, 11) is 0. The van der Waals surface area contributed by atoms with Crippen molar-refractivity contribution in [3.8, 4) is 17.1 Å². The Morgan fingerprint density at radius 2 is 1.93 bits per heavy atom. The van der Waals surface area contributed by atoms with E-state index in [-0.39, 0.29) is 76.8 Å². The molecule has 2 aromatic carbocycles. The fourth-order valence-corrected chi connectivity index (χ4v) is 7.76. The van der Waals surface area contributed by atoms with Gasteiger partial charge in [-0.25, -0.2) is 18.2 Å². The van der Waals surface area contributed by atoms with Gasteiger partial charge in [-0.15, -0.1) is 0 Å². The SMILES string of the molecule is Nc1nc2c(-c3c(C(F)(F)F)cc4c(N5CC[C@@H](CO)C5)nc(OC[C@@]56CCCN5C[C@H](F)C6)nc4c3F)ccc(F)c2s1. The molecular weight excluding hydrogens is 610 g/mol. The van der Waals surface area contributed by atoms with Crippen molar-refractivity contribution in [2.45, 2.75) is 43.6 Å². The Balaban J connectivity index is 1.42. The van der Waals surface area contributed by atoms with Crippen molar-refractivity contribution in [1.29, 1.82) is 0 Å². The minimum atomic E-state index is -5.02. The molecule has 0 amide bonds. The van der Waals surface area contributed by atoms with Gasteiger partial charge in [-0.2, -0.15) is 23.1 Å². The summed E-state index contributed by atoms with van der Waals surface area (Å²) in [5, 5.41) is 9.43. The normalized spacial score (nSPS) is 24.2. The standard InChI is InChI=1S/C29H28F6N6O2S/c30-15-9-28(5-1-6-41(28)11-15)13-43-27-38-22-17(25(39-27)40-7-4-14(10-40)12-42)8-18(29(33,34)35)20(21(22)32)16-2-3-19(31)24-23(16)37-26(36)44-24/h2-3,8,14-15,42H,1,4-7,9-13H2,(H2,36,37)/t14-,15-,28+/m1/s1. The molecule has 3 aliphatic rings. The topological polar surface area (TPSA) is 101 Å². The number of hydrogen-bond donors (Lipinski definition) is 2. The van der Waals surface area contributed by atoms with Gasteiger partial charge in [0.15, 0.2) is 10.9 Å². The van der Waals surface area contributed by atoms with Crippen LogP contribution >= 0.6 is 11.3 Å². The van der Waals surface area contributed by atoms with Gasteiger partial charge < -0.3 is 20.5 Å². The monoisotopic (exact) mass is 638 g/mol. The van der Waals surface area contributed by atoms with Crippen LogP contribution in [-0.4, -0.2) is 76.1 Å². The molecule has 3 fully saturated rings. The van der Waals surface area contributed by atoms with Gasteiger partial charge >= 0.3 is 12.2 Å². The molecule has 8 nitrogen and oxygen atoms in total. The van der Waals surface area contributed by atoms with Crippen molar-refractivity contribution in [3.63, 3.8) is 0 Å². The minimum Gasteiger partial charge on any atom is -0.461 e.